The SMILES string of the molecule is CCCC(=O)OC(CC)C(CC(C)N(C)C)(c1ccccc1)c1ccccc1.Cl. The van der Waals surface area contributed by atoms with Gasteiger partial charge in [0.25, 0.3) is 0 Å². The van der Waals surface area contributed by atoms with E-state index in [1.165, 1.54) is 11.1 Å². The molecule has 0 saturated carbocycles. The van der Waals surface area contributed by atoms with Crippen LogP contribution in [0.25, 0.3) is 0 Å². The Kier molecular flexibility index (Phi) is 10.4. The number of rotatable bonds is 10. The third-order valence-corrected chi connectivity index (χ3v) is 5.73. The Morgan fingerprint density at radius 1 is 0.966 bits per heavy atom. The summed E-state index contributed by atoms with van der Waals surface area (Å²) in [4.78, 5) is 14.7. The van der Waals surface area contributed by atoms with E-state index in [2.05, 4.69) is 81.4 Å². The van der Waals surface area contributed by atoms with Crippen LogP contribution in [0.3, 0.4) is 0 Å². The summed E-state index contributed by atoms with van der Waals surface area (Å²) in [6.45, 7) is 6.37. The van der Waals surface area contributed by atoms with Gasteiger partial charge in [0.15, 0.2) is 0 Å². The third kappa shape index (κ3) is 6.07. The lowest BCUT2D eigenvalue weighted by Crippen LogP contribution is -2.47. The van der Waals surface area contributed by atoms with Gasteiger partial charge < -0.3 is 9.64 Å². The molecule has 0 aromatic heterocycles. The minimum Gasteiger partial charge on any atom is -0.461 e. The molecule has 0 heterocycles. The average Bonchev–Trinajstić information content (AvgIpc) is 2.71. The first-order chi connectivity index (χ1) is 13.5. The molecule has 0 amide bonds. The van der Waals surface area contributed by atoms with Crippen molar-refractivity contribution in [2.75, 3.05) is 14.1 Å². The van der Waals surface area contributed by atoms with Crippen LogP contribution < -0.4 is 0 Å². The van der Waals surface area contributed by atoms with E-state index in [-0.39, 0.29) is 24.5 Å². The fraction of sp³-hybridized carbons (Fsp3) is 0.480. The van der Waals surface area contributed by atoms with Crippen molar-refractivity contribution in [3.8, 4) is 0 Å². The molecular weight excluding hydrogens is 382 g/mol. The minimum absolute atomic E-state index is 0. The molecule has 3 nitrogen and oxygen atoms in total. The molecule has 2 rings (SSSR count). The molecule has 0 aliphatic rings. The second kappa shape index (κ2) is 12.0. The quantitative estimate of drug-likeness (QED) is 0.453. The van der Waals surface area contributed by atoms with Gasteiger partial charge in [0, 0.05) is 12.5 Å². The molecule has 29 heavy (non-hydrogen) atoms. The zero-order valence-corrected chi connectivity index (χ0v) is 19.2. The molecule has 0 fully saturated rings. The molecule has 2 aromatic carbocycles. The van der Waals surface area contributed by atoms with Crippen molar-refractivity contribution in [2.24, 2.45) is 0 Å². The van der Waals surface area contributed by atoms with Crippen LogP contribution in [0.4, 0.5) is 0 Å². The van der Waals surface area contributed by atoms with E-state index in [0.717, 1.165) is 19.3 Å². The molecule has 0 aliphatic heterocycles. The monoisotopic (exact) mass is 417 g/mol. The van der Waals surface area contributed by atoms with E-state index in [9.17, 15) is 4.79 Å². The Bertz CT molecular complexity index is 679. The zero-order chi connectivity index (χ0) is 20.6. The molecule has 2 aromatic rings. The highest BCUT2D eigenvalue weighted by atomic mass is 35.5. The molecule has 0 N–H and O–H groups in total. The van der Waals surface area contributed by atoms with E-state index in [4.69, 9.17) is 4.74 Å². The Balaban J connectivity index is 0.00000420. The summed E-state index contributed by atoms with van der Waals surface area (Å²) in [7, 11) is 4.21. The van der Waals surface area contributed by atoms with Gasteiger partial charge in [-0.3, -0.25) is 4.79 Å². The molecule has 2 atom stereocenters. The minimum atomic E-state index is -0.398. The normalized spacial score (nSPS) is 13.4. The first-order valence-corrected chi connectivity index (χ1v) is 10.4. The predicted octanol–water partition coefficient (Wildman–Crippen LogP) is 5.86. The van der Waals surface area contributed by atoms with E-state index >= 15 is 0 Å². The Hall–Kier alpha value is -1.84. The topological polar surface area (TPSA) is 29.5 Å². The number of esters is 1. The standard InChI is InChI=1S/C25H35NO2.ClH/c1-6-14-24(27)28-23(7-2)25(19-20(3)26(4)5,21-15-10-8-11-16-21)22-17-12-9-13-18-22;/h8-13,15-18,20,23H,6-7,14,19H2,1-5H3;1H. The van der Waals surface area contributed by atoms with Crippen molar-refractivity contribution in [1.82, 2.24) is 4.90 Å². The van der Waals surface area contributed by atoms with Crippen LogP contribution in [0.1, 0.15) is 57.6 Å². The summed E-state index contributed by atoms with van der Waals surface area (Å²) in [5.74, 6) is -0.108. The maximum Gasteiger partial charge on any atom is 0.306 e. The lowest BCUT2D eigenvalue weighted by molar-refractivity contribution is -0.152. The molecule has 0 radical (unpaired) electrons. The van der Waals surface area contributed by atoms with Crippen molar-refractivity contribution in [3.05, 3.63) is 71.8 Å². The van der Waals surface area contributed by atoms with Gasteiger partial charge in [-0.1, -0.05) is 74.5 Å². The van der Waals surface area contributed by atoms with Crippen LogP contribution in [0.15, 0.2) is 60.7 Å². The number of ether oxygens (including phenoxy) is 1. The number of nitrogens with zero attached hydrogens (tertiary/aromatic N) is 1. The Morgan fingerprint density at radius 2 is 1.45 bits per heavy atom. The van der Waals surface area contributed by atoms with Gasteiger partial charge in [-0.2, -0.15) is 0 Å². The van der Waals surface area contributed by atoms with Crippen LogP contribution in [0.5, 0.6) is 0 Å². The van der Waals surface area contributed by atoms with Crippen molar-refractivity contribution in [2.45, 2.75) is 64.0 Å². The number of carbonyl (C=O) groups is 1. The summed E-state index contributed by atoms with van der Waals surface area (Å²) in [6.07, 6.45) is 2.66. The molecule has 0 spiro atoms. The Labute approximate surface area is 182 Å². The van der Waals surface area contributed by atoms with Crippen LogP contribution in [0.2, 0.25) is 0 Å². The first kappa shape index (κ1) is 25.2. The third-order valence-electron chi connectivity index (χ3n) is 5.73. The number of halogens is 1. The van der Waals surface area contributed by atoms with Gasteiger partial charge in [-0.15, -0.1) is 12.4 Å². The van der Waals surface area contributed by atoms with Crippen LogP contribution >= 0.6 is 12.4 Å². The lowest BCUT2D eigenvalue weighted by atomic mass is 9.66. The zero-order valence-electron chi connectivity index (χ0n) is 18.4. The molecule has 2 unspecified atom stereocenters. The van der Waals surface area contributed by atoms with E-state index in [1.807, 2.05) is 19.1 Å². The number of hydrogen-bond acceptors (Lipinski definition) is 3. The first-order valence-electron chi connectivity index (χ1n) is 10.4. The maximum absolute atomic E-state index is 12.5. The highest BCUT2D eigenvalue weighted by Crippen LogP contribution is 2.43. The second-order valence-electron chi connectivity index (χ2n) is 7.86. The van der Waals surface area contributed by atoms with Gasteiger partial charge in [0.1, 0.15) is 6.10 Å². The fourth-order valence-corrected chi connectivity index (χ4v) is 3.98. The maximum atomic E-state index is 12.5. The van der Waals surface area contributed by atoms with E-state index in [1.54, 1.807) is 0 Å². The Morgan fingerprint density at radius 3 is 1.83 bits per heavy atom. The molecule has 4 heteroatoms. The lowest BCUT2D eigenvalue weighted by Gasteiger charge is -2.43. The second-order valence-corrected chi connectivity index (χ2v) is 7.86. The van der Waals surface area contributed by atoms with Gasteiger partial charge >= 0.3 is 5.97 Å². The summed E-state index contributed by atoms with van der Waals surface area (Å²) in [5.41, 5.74) is 2.00. The summed E-state index contributed by atoms with van der Waals surface area (Å²) < 4.78 is 6.14. The van der Waals surface area contributed by atoms with Crippen molar-refractivity contribution >= 4 is 18.4 Å². The summed E-state index contributed by atoms with van der Waals surface area (Å²) >= 11 is 0. The number of carbonyl (C=O) groups excluding carboxylic acids is 1. The highest BCUT2D eigenvalue weighted by molar-refractivity contribution is 5.85. The smallest absolute Gasteiger partial charge is 0.306 e. The van der Waals surface area contributed by atoms with Crippen molar-refractivity contribution < 1.29 is 9.53 Å². The van der Waals surface area contributed by atoms with Crippen LogP contribution in [-0.4, -0.2) is 37.1 Å². The van der Waals surface area contributed by atoms with E-state index in [0.29, 0.717) is 12.5 Å². The molecular formula is C25H36ClNO2. The van der Waals surface area contributed by atoms with Crippen molar-refractivity contribution in [3.63, 3.8) is 0 Å². The number of hydrogen-bond donors (Lipinski definition) is 0. The van der Waals surface area contributed by atoms with Gasteiger partial charge in [-0.25, -0.2) is 0 Å². The van der Waals surface area contributed by atoms with E-state index < -0.39 is 5.41 Å². The average molecular weight is 418 g/mol. The van der Waals surface area contributed by atoms with Crippen LogP contribution in [-0.2, 0) is 14.9 Å². The highest BCUT2D eigenvalue weighted by Gasteiger charge is 2.44. The summed E-state index contributed by atoms with van der Waals surface area (Å²) in [5, 5.41) is 0. The molecule has 0 saturated heterocycles. The number of benzene rings is 2. The van der Waals surface area contributed by atoms with Gasteiger partial charge in [0.2, 0.25) is 0 Å². The van der Waals surface area contributed by atoms with Crippen molar-refractivity contribution in [1.29, 1.82) is 0 Å². The predicted molar refractivity (Wildman–Crippen MR) is 124 cm³/mol. The van der Waals surface area contributed by atoms with Crippen LogP contribution in [0, 0.1) is 0 Å². The molecule has 0 aliphatic carbocycles. The van der Waals surface area contributed by atoms with Gasteiger partial charge in [-0.05, 0) is 51.4 Å². The van der Waals surface area contributed by atoms with Gasteiger partial charge in [0.05, 0.1) is 5.41 Å². The summed E-state index contributed by atoms with van der Waals surface area (Å²) in [6, 6.07) is 21.4. The fourth-order valence-electron chi connectivity index (χ4n) is 3.98. The molecule has 0 bridgehead atoms. The molecule has 160 valence electrons. The largest absolute Gasteiger partial charge is 0.461 e.